The van der Waals surface area contributed by atoms with Crippen molar-refractivity contribution in [3.8, 4) is 0 Å². The van der Waals surface area contributed by atoms with Crippen molar-refractivity contribution in [1.82, 2.24) is 20.1 Å². The molecule has 0 fully saturated rings. The summed E-state index contributed by atoms with van der Waals surface area (Å²) in [6.45, 7) is 2.44. The van der Waals surface area contributed by atoms with Gasteiger partial charge in [0.15, 0.2) is 6.33 Å². The maximum absolute atomic E-state index is 5.54. The summed E-state index contributed by atoms with van der Waals surface area (Å²) in [6.07, 6.45) is 1.96. The van der Waals surface area contributed by atoms with Gasteiger partial charge in [0.05, 0.1) is 0 Å². The Morgan fingerprint density at radius 3 is 3.00 bits per heavy atom. The van der Waals surface area contributed by atoms with E-state index in [1.807, 2.05) is 6.92 Å². The molecule has 0 aliphatic carbocycles. The number of thiocarbonyl (C=S) groups is 1. The molecule has 0 bridgehead atoms. The number of aromatic nitrogens is 4. The minimum absolute atomic E-state index is 0.250. The highest BCUT2D eigenvalue weighted by Crippen LogP contribution is 2.05. The molecule has 0 saturated carbocycles. The lowest BCUT2D eigenvalue weighted by Crippen LogP contribution is -2.15. The molecule has 0 aromatic carbocycles. The molecular formula is C10H12N6OS. The molecule has 2 aromatic heterocycles. The standard InChI is InChI=1S/C10H12N6OS/c1-6-4-7(9(11)18)16-10(15-6)12-3-2-8-13-5-14-17-8/h4-5H,2-3H2,1H3,(H2,11,18)(H,12,15,16). The Morgan fingerprint density at radius 1 is 1.50 bits per heavy atom. The summed E-state index contributed by atoms with van der Waals surface area (Å²) in [5.41, 5.74) is 6.89. The van der Waals surface area contributed by atoms with Crippen LogP contribution < -0.4 is 11.1 Å². The van der Waals surface area contributed by atoms with Crippen molar-refractivity contribution in [2.45, 2.75) is 13.3 Å². The Balaban J connectivity index is 1.98. The third-order valence-electron chi connectivity index (χ3n) is 2.14. The Morgan fingerprint density at radius 2 is 2.33 bits per heavy atom. The lowest BCUT2D eigenvalue weighted by Gasteiger charge is -2.06. The van der Waals surface area contributed by atoms with Gasteiger partial charge in [-0.05, 0) is 13.0 Å². The first-order valence-electron chi connectivity index (χ1n) is 5.30. The zero-order valence-electron chi connectivity index (χ0n) is 9.75. The number of nitrogens with zero attached hydrogens (tertiary/aromatic N) is 4. The minimum Gasteiger partial charge on any atom is -0.388 e. The van der Waals surface area contributed by atoms with Crippen LogP contribution in [-0.4, -0.2) is 31.6 Å². The molecule has 3 N–H and O–H groups in total. The molecule has 0 aliphatic rings. The van der Waals surface area contributed by atoms with Crippen LogP contribution in [-0.2, 0) is 6.42 Å². The highest BCUT2D eigenvalue weighted by Gasteiger charge is 2.05. The zero-order valence-corrected chi connectivity index (χ0v) is 10.6. The third-order valence-corrected chi connectivity index (χ3v) is 2.34. The Bertz CT molecular complexity index is 541. The molecule has 0 spiro atoms. The molecular weight excluding hydrogens is 252 g/mol. The predicted octanol–water partition coefficient (Wildman–Crippen LogP) is 0.457. The van der Waals surface area contributed by atoms with Crippen molar-refractivity contribution in [3.05, 3.63) is 29.7 Å². The van der Waals surface area contributed by atoms with Crippen LogP contribution in [0.25, 0.3) is 0 Å². The molecule has 0 atom stereocenters. The van der Waals surface area contributed by atoms with Gasteiger partial charge in [-0.15, -0.1) is 0 Å². The molecule has 0 aliphatic heterocycles. The van der Waals surface area contributed by atoms with Crippen molar-refractivity contribution in [3.63, 3.8) is 0 Å². The van der Waals surface area contributed by atoms with E-state index in [-0.39, 0.29) is 4.99 Å². The minimum atomic E-state index is 0.250. The average molecular weight is 264 g/mol. The van der Waals surface area contributed by atoms with Crippen LogP contribution in [0.3, 0.4) is 0 Å². The smallest absolute Gasteiger partial charge is 0.228 e. The molecule has 0 radical (unpaired) electrons. The van der Waals surface area contributed by atoms with E-state index in [1.54, 1.807) is 6.07 Å². The van der Waals surface area contributed by atoms with Crippen molar-refractivity contribution in [1.29, 1.82) is 0 Å². The largest absolute Gasteiger partial charge is 0.388 e. The lowest BCUT2D eigenvalue weighted by molar-refractivity contribution is 0.379. The van der Waals surface area contributed by atoms with E-state index in [2.05, 4.69) is 25.4 Å². The van der Waals surface area contributed by atoms with E-state index in [1.165, 1.54) is 6.33 Å². The summed E-state index contributed by atoms with van der Waals surface area (Å²) >= 11 is 4.89. The normalized spacial score (nSPS) is 10.3. The summed E-state index contributed by atoms with van der Waals surface area (Å²) in [5, 5.41) is 6.57. The fourth-order valence-electron chi connectivity index (χ4n) is 1.36. The lowest BCUT2D eigenvalue weighted by atomic mass is 10.3. The fraction of sp³-hybridized carbons (Fsp3) is 0.300. The molecule has 0 unspecified atom stereocenters. The third kappa shape index (κ3) is 3.20. The van der Waals surface area contributed by atoms with E-state index in [0.29, 0.717) is 30.5 Å². The van der Waals surface area contributed by atoms with Gasteiger partial charge in [0, 0.05) is 18.7 Å². The van der Waals surface area contributed by atoms with Crippen LogP contribution in [0.15, 0.2) is 16.9 Å². The van der Waals surface area contributed by atoms with Crippen molar-refractivity contribution in [2.24, 2.45) is 5.73 Å². The summed E-state index contributed by atoms with van der Waals surface area (Å²) < 4.78 is 4.87. The van der Waals surface area contributed by atoms with Gasteiger partial charge < -0.3 is 15.6 Å². The van der Waals surface area contributed by atoms with Crippen LogP contribution in [0.2, 0.25) is 0 Å². The molecule has 2 heterocycles. The van der Waals surface area contributed by atoms with Crippen LogP contribution in [0.5, 0.6) is 0 Å². The van der Waals surface area contributed by atoms with Crippen LogP contribution in [0.4, 0.5) is 5.95 Å². The molecule has 7 nitrogen and oxygen atoms in total. The Hall–Kier alpha value is -2.09. The summed E-state index contributed by atoms with van der Waals surface area (Å²) in [6, 6.07) is 1.74. The molecule has 2 aromatic rings. The maximum Gasteiger partial charge on any atom is 0.228 e. The second-order valence-corrected chi connectivity index (χ2v) is 4.03. The van der Waals surface area contributed by atoms with Gasteiger partial charge >= 0.3 is 0 Å². The zero-order chi connectivity index (χ0) is 13.0. The molecule has 0 saturated heterocycles. The van der Waals surface area contributed by atoms with Crippen molar-refractivity contribution >= 4 is 23.2 Å². The van der Waals surface area contributed by atoms with Gasteiger partial charge in [-0.25, -0.2) is 9.97 Å². The van der Waals surface area contributed by atoms with Crippen molar-refractivity contribution < 1.29 is 4.52 Å². The number of aryl methyl sites for hydroxylation is 1. The summed E-state index contributed by atoms with van der Waals surface area (Å²) in [5.74, 6) is 1.04. The fourth-order valence-corrected chi connectivity index (χ4v) is 1.47. The molecule has 8 heteroatoms. The SMILES string of the molecule is Cc1cc(C(N)=S)nc(NCCc2ncno2)n1. The number of hydrogen-bond donors (Lipinski definition) is 2. The first kappa shape index (κ1) is 12.4. The number of nitrogens with two attached hydrogens (primary N) is 1. The van der Waals surface area contributed by atoms with Gasteiger partial charge in [0.2, 0.25) is 11.8 Å². The first-order chi connectivity index (χ1) is 8.65. The number of anilines is 1. The number of nitrogens with one attached hydrogen (secondary N) is 1. The Kier molecular flexibility index (Phi) is 3.78. The van der Waals surface area contributed by atoms with E-state index >= 15 is 0 Å². The van der Waals surface area contributed by atoms with Crippen LogP contribution in [0.1, 0.15) is 17.3 Å². The maximum atomic E-state index is 5.54. The quantitative estimate of drug-likeness (QED) is 0.751. The molecule has 18 heavy (non-hydrogen) atoms. The van der Waals surface area contributed by atoms with E-state index in [0.717, 1.165) is 5.69 Å². The Labute approximate surface area is 109 Å². The predicted molar refractivity (Wildman–Crippen MR) is 69.1 cm³/mol. The summed E-state index contributed by atoms with van der Waals surface area (Å²) in [4.78, 5) is 12.6. The second kappa shape index (κ2) is 5.50. The molecule has 2 rings (SSSR count). The van der Waals surface area contributed by atoms with Crippen molar-refractivity contribution in [2.75, 3.05) is 11.9 Å². The van der Waals surface area contributed by atoms with E-state index in [9.17, 15) is 0 Å². The first-order valence-corrected chi connectivity index (χ1v) is 5.71. The van der Waals surface area contributed by atoms with Gasteiger partial charge in [-0.1, -0.05) is 17.4 Å². The van der Waals surface area contributed by atoms with Gasteiger partial charge in [-0.3, -0.25) is 0 Å². The highest BCUT2D eigenvalue weighted by molar-refractivity contribution is 7.80. The second-order valence-electron chi connectivity index (χ2n) is 3.59. The summed E-state index contributed by atoms with van der Waals surface area (Å²) in [7, 11) is 0. The average Bonchev–Trinajstić information content (AvgIpc) is 2.81. The van der Waals surface area contributed by atoms with Gasteiger partial charge in [0.25, 0.3) is 0 Å². The van der Waals surface area contributed by atoms with Gasteiger partial charge in [0.1, 0.15) is 10.7 Å². The highest BCUT2D eigenvalue weighted by atomic mass is 32.1. The topological polar surface area (TPSA) is 103 Å². The van der Waals surface area contributed by atoms with Crippen LogP contribution >= 0.6 is 12.2 Å². The number of rotatable bonds is 5. The van der Waals surface area contributed by atoms with E-state index in [4.69, 9.17) is 22.5 Å². The van der Waals surface area contributed by atoms with E-state index < -0.39 is 0 Å². The monoisotopic (exact) mass is 264 g/mol. The van der Waals surface area contributed by atoms with Gasteiger partial charge in [-0.2, -0.15) is 4.98 Å². The molecule has 0 amide bonds. The molecule has 94 valence electrons. The van der Waals surface area contributed by atoms with Crippen LogP contribution in [0, 0.1) is 6.92 Å². The number of hydrogen-bond acceptors (Lipinski definition) is 7.